The molecule has 156 valence electrons. The Kier molecular flexibility index (Phi) is 4.02. The summed E-state index contributed by atoms with van der Waals surface area (Å²) in [5, 5.41) is 1.81. The smallest absolute Gasteiger partial charge is 0.229 e. The third-order valence-corrected chi connectivity index (χ3v) is 6.63. The fourth-order valence-corrected chi connectivity index (χ4v) is 4.84. The number of nitrogens with zero attached hydrogens (tertiary/aromatic N) is 2. The maximum atomic E-state index is 9.29. The fraction of sp³-hybridized carbons (Fsp3) is 0.357. The van der Waals surface area contributed by atoms with Gasteiger partial charge in [0.1, 0.15) is 18.2 Å². The zero-order valence-corrected chi connectivity index (χ0v) is 18.6. The van der Waals surface area contributed by atoms with Gasteiger partial charge in [-0.2, -0.15) is 4.57 Å². The fourth-order valence-electron chi connectivity index (χ4n) is 4.84. The molecule has 5 rings (SSSR count). The lowest BCUT2D eigenvalue weighted by atomic mass is 9.83. The number of aromatic nitrogens is 1. The number of hydrogen-bond donors (Lipinski definition) is 0. The minimum atomic E-state index is -0.912. The van der Waals surface area contributed by atoms with Crippen LogP contribution >= 0.6 is 0 Å². The van der Waals surface area contributed by atoms with Crippen molar-refractivity contribution < 1.29 is 13.1 Å². The Bertz CT molecular complexity index is 1520. The van der Waals surface area contributed by atoms with Crippen LogP contribution in [0.2, 0.25) is 0 Å². The normalized spacial score (nSPS) is 17.3. The first kappa shape index (κ1) is 16.6. The van der Waals surface area contributed by atoms with Crippen LogP contribution in [-0.2, 0) is 7.05 Å². The molecule has 0 spiro atoms. The molecule has 3 heteroatoms. The van der Waals surface area contributed by atoms with Gasteiger partial charge in [-0.25, -0.2) is 4.85 Å². The second kappa shape index (κ2) is 7.54. The van der Waals surface area contributed by atoms with E-state index in [0.717, 1.165) is 52.4 Å². The van der Waals surface area contributed by atoms with Gasteiger partial charge in [-0.15, -0.1) is 0 Å². The van der Waals surface area contributed by atoms with E-state index in [2.05, 4.69) is 4.85 Å². The summed E-state index contributed by atoms with van der Waals surface area (Å²) in [4.78, 5) is 3.69. The molecule has 4 aromatic rings. The molecule has 0 N–H and O–H groups in total. The van der Waals surface area contributed by atoms with Gasteiger partial charge in [-0.3, -0.25) is 0 Å². The molecule has 2 heterocycles. The van der Waals surface area contributed by atoms with Crippen LogP contribution in [0.5, 0.6) is 0 Å². The van der Waals surface area contributed by atoms with Crippen LogP contribution in [0.3, 0.4) is 0 Å². The van der Waals surface area contributed by atoms with Gasteiger partial charge in [-0.1, -0.05) is 43.0 Å². The summed E-state index contributed by atoms with van der Waals surface area (Å²) in [6.45, 7) is 13.5. The largest absolute Gasteiger partial charge is 0.466 e. The van der Waals surface area contributed by atoms with Crippen LogP contribution in [0.4, 0.5) is 5.69 Å². The van der Waals surface area contributed by atoms with E-state index in [-0.39, 0.29) is 6.04 Å². The second-order valence-electron chi connectivity index (χ2n) is 8.79. The summed E-state index contributed by atoms with van der Waals surface area (Å²) in [7, 11) is 1.89. The van der Waals surface area contributed by atoms with Crippen molar-refractivity contribution in [2.45, 2.75) is 58.8 Å². The Morgan fingerprint density at radius 2 is 1.84 bits per heavy atom. The van der Waals surface area contributed by atoms with E-state index in [1.807, 2.05) is 56.7 Å². The Labute approximate surface area is 188 Å². The highest BCUT2D eigenvalue weighted by atomic mass is 16.3. The Morgan fingerprint density at radius 1 is 1.06 bits per heavy atom. The number of fused-ring (bicyclic) bond motifs is 3. The summed E-state index contributed by atoms with van der Waals surface area (Å²) in [5.41, 5.74) is 6.41. The molecule has 31 heavy (non-hydrogen) atoms. The van der Waals surface area contributed by atoms with Crippen LogP contribution < -0.4 is 4.57 Å². The van der Waals surface area contributed by atoms with E-state index in [1.165, 1.54) is 0 Å². The first-order chi connectivity index (χ1) is 16.2. The Hall–Kier alpha value is -3.12. The van der Waals surface area contributed by atoms with Crippen molar-refractivity contribution in [1.82, 2.24) is 0 Å². The molecule has 0 saturated heterocycles. The van der Waals surface area contributed by atoms with Gasteiger partial charge >= 0.3 is 0 Å². The standard InChI is InChI=1S/C28H29N2O/c1-17-13-23-22-12-11-18(2)26(28(22)31-27(23)24(14-17)29-4)25-16-21(15-19(3)30(25)5)20-9-7-6-8-10-20/h11-16,20H,6-10H2,1-3,5H3/q+1/i15D,16D,20D. The summed E-state index contributed by atoms with van der Waals surface area (Å²) in [6, 6.07) is 8.48. The molecule has 1 aliphatic carbocycles. The second-order valence-corrected chi connectivity index (χ2v) is 8.79. The minimum absolute atomic E-state index is 0.243. The number of pyridine rings is 1. The molecular formula is C28H29N2O+. The van der Waals surface area contributed by atoms with Crippen molar-refractivity contribution >= 4 is 27.6 Å². The van der Waals surface area contributed by atoms with E-state index >= 15 is 0 Å². The molecule has 0 unspecified atom stereocenters. The highest BCUT2D eigenvalue weighted by molar-refractivity contribution is 6.13. The van der Waals surface area contributed by atoms with Gasteiger partial charge in [0.05, 0.1) is 14.9 Å². The molecule has 0 aliphatic heterocycles. The first-order valence-electron chi connectivity index (χ1n) is 12.5. The summed E-state index contributed by atoms with van der Waals surface area (Å²) in [6.07, 6.45) is 4.37. The molecule has 0 bridgehead atoms. The highest BCUT2D eigenvalue weighted by Crippen LogP contribution is 2.42. The van der Waals surface area contributed by atoms with Crippen molar-refractivity contribution in [3.63, 3.8) is 0 Å². The average molecular weight is 413 g/mol. The van der Waals surface area contributed by atoms with Gasteiger partial charge in [0.15, 0.2) is 5.69 Å². The minimum Gasteiger partial charge on any atom is -0.466 e. The van der Waals surface area contributed by atoms with Gasteiger partial charge in [0.25, 0.3) is 0 Å². The summed E-state index contributed by atoms with van der Waals surface area (Å²) in [5.74, 6) is -0.912. The number of rotatable bonds is 2. The molecule has 0 atom stereocenters. The number of furan rings is 1. The van der Waals surface area contributed by atoms with Gasteiger partial charge in [0.2, 0.25) is 11.4 Å². The zero-order chi connectivity index (χ0) is 24.4. The van der Waals surface area contributed by atoms with E-state index in [9.17, 15) is 2.74 Å². The summed E-state index contributed by atoms with van der Waals surface area (Å²) < 4.78 is 35.7. The van der Waals surface area contributed by atoms with E-state index < -0.39 is 5.89 Å². The third kappa shape index (κ3) is 3.22. The van der Waals surface area contributed by atoms with Crippen LogP contribution in [0.15, 0.2) is 40.8 Å². The zero-order valence-electron chi connectivity index (χ0n) is 21.6. The third-order valence-electron chi connectivity index (χ3n) is 6.63. The highest BCUT2D eigenvalue weighted by Gasteiger charge is 2.26. The van der Waals surface area contributed by atoms with E-state index in [0.29, 0.717) is 47.0 Å². The lowest BCUT2D eigenvalue weighted by molar-refractivity contribution is -0.666. The lowest BCUT2D eigenvalue weighted by Gasteiger charge is -2.22. The van der Waals surface area contributed by atoms with Crippen molar-refractivity contribution in [1.29, 1.82) is 0 Å². The van der Waals surface area contributed by atoms with E-state index in [1.54, 1.807) is 0 Å². The van der Waals surface area contributed by atoms with Gasteiger partial charge < -0.3 is 4.42 Å². The maximum Gasteiger partial charge on any atom is 0.229 e. The van der Waals surface area contributed by atoms with Crippen molar-refractivity contribution in [3.05, 3.63) is 70.2 Å². The monoisotopic (exact) mass is 412 g/mol. The molecule has 2 aromatic carbocycles. The molecule has 1 fully saturated rings. The van der Waals surface area contributed by atoms with Crippen LogP contribution in [-0.4, -0.2) is 0 Å². The number of benzene rings is 2. The van der Waals surface area contributed by atoms with Crippen LogP contribution in [0, 0.1) is 27.3 Å². The molecule has 1 aliphatic rings. The predicted octanol–water partition coefficient (Wildman–Crippen LogP) is 7.60. The van der Waals surface area contributed by atoms with Crippen molar-refractivity contribution in [3.8, 4) is 11.3 Å². The van der Waals surface area contributed by atoms with E-state index in [4.69, 9.17) is 12.4 Å². The van der Waals surface area contributed by atoms with Crippen LogP contribution in [0.25, 0.3) is 38.0 Å². The lowest BCUT2D eigenvalue weighted by Crippen LogP contribution is -2.35. The Balaban J connectivity index is 1.90. The SMILES string of the molecule is [2H]c1c(C2([2H])CCCCC2)c([2H])c(-c2c(C)ccc3c2oc2c([N+]#[C-])cc(C)cc23)[n+](C)c1C. The van der Waals surface area contributed by atoms with Crippen LogP contribution in [0.1, 0.15) is 64.5 Å². The average Bonchev–Trinajstić information content (AvgIpc) is 3.17. The molecule has 2 aromatic heterocycles. The van der Waals surface area contributed by atoms with Crippen molar-refractivity contribution in [2.24, 2.45) is 7.05 Å². The molecule has 1 saturated carbocycles. The predicted molar refractivity (Wildman–Crippen MR) is 127 cm³/mol. The Morgan fingerprint density at radius 3 is 2.58 bits per heavy atom. The quantitative estimate of drug-likeness (QED) is 0.245. The first-order valence-corrected chi connectivity index (χ1v) is 11.0. The molecular weight excluding hydrogens is 380 g/mol. The maximum absolute atomic E-state index is 9.29. The van der Waals surface area contributed by atoms with Gasteiger partial charge in [-0.05, 0) is 49.8 Å². The molecule has 3 nitrogen and oxygen atoms in total. The summed E-state index contributed by atoms with van der Waals surface area (Å²) >= 11 is 0. The number of aryl methyl sites for hydroxylation is 2. The van der Waals surface area contributed by atoms with Crippen molar-refractivity contribution in [2.75, 3.05) is 0 Å². The van der Waals surface area contributed by atoms with Gasteiger partial charge in [0, 0.05) is 31.2 Å². The topological polar surface area (TPSA) is 21.4 Å². The molecule has 0 amide bonds. The molecule has 0 radical (unpaired) electrons. The number of hydrogen-bond acceptors (Lipinski definition) is 1.